The first-order valence-corrected chi connectivity index (χ1v) is 7.81. The molecule has 0 spiro atoms. The lowest BCUT2D eigenvalue weighted by molar-refractivity contribution is -0.384. The first-order valence-electron chi connectivity index (χ1n) is 6.66. The molecule has 0 bridgehead atoms. The average molecular weight is 298 g/mol. The van der Waals surface area contributed by atoms with Gasteiger partial charge < -0.3 is 10.3 Å². The van der Waals surface area contributed by atoms with Gasteiger partial charge in [-0.05, 0) is 24.7 Å². The Hall–Kier alpha value is -1.31. The standard InChI is InChI=1S/C13H22N4O2S/c1-3-16(4-2)7-8-20-10-11-5-6-12(15-14)13(9-11)17(18)19/h5-6,9,15H,3-4,7-8,10,14H2,1-2H3. The number of nitrogens with two attached hydrogens (primary N) is 1. The van der Waals surface area contributed by atoms with E-state index in [0.29, 0.717) is 5.69 Å². The molecular weight excluding hydrogens is 276 g/mol. The van der Waals surface area contributed by atoms with Gasteiger partial charge in [-0.2, -0.15) is 11.8 Å². The monoisotopic (exact) mass is 298 g/mol. The topological polar surface area (TPSA) is 84.4 Å². The van der Waals surface area contributed by atoms with E-state index in [1.165, 1.54) is 0 Å². The van der Waals surface area contributed by atoms with Crippen LogP contribution in [0.15, 0.2) is 18.2 Å². The van der Waals surface area contributed by atoms with E-state index in [2.05, 4.69) is 24.2 Å². The Balaban J connectivity index is 2.52. The summed E-state index contributed by atoms with van der Waals surface area (Å²) in [4.78, 5) is 12.9. The minimum Gasteiger partial charge on any atom is -0.318 e. The van der Waals surface area contributed by atoms with Crippen LogP contribution in [0.1, 0.15) is 19.4 Å². The normalized spacial score (nSPS) is 10.8. The van der Waals surface area contributed by atoms with Gasteiger partial charge in [-0.1, -0.05) is 19.9 Å². The van der Waals surface area contributed by atoms with E-state index in [1.54, 1.807) is 23.9 Å². The van der Waals surface area contributed by atoms with Crippen LogP contribution in [-0.4, -0.2) is 35.2 Å². The second kappa shape index (κ2) is 8.78. The molecule has 0 saturated heterocycles. The van der Waals surface area contributed by atoms with Crippen LogP contribution in [0.5, 0.6) is 0 Å². The third kappa shape index (κ3) is 4.99. The summed E-state index contributed by atoms with van der Waals surface area (Å²) in [5.74, 6) is 7.05. The quantitative estimate of drug-likeness (QED) is 0.315. The summed E-state index contributed by atoms with van der Waals surface area (Å²) < 4.78 is 0. The number of benzene rings is 1. The van der Waals surface area contributed by atoms with Crippen LogP contribution < -0.4 is 11.3 Å². The van der Waals surface area contributed by atoms with Crippen LogP contribution in [0.25, 0.3) is 0 Å². The molecule has 0 aliphatic carbocycles. The largest absolute Gasteiger partial charge is 0.318 e. The van der Waals surface area contributed by atoms with Crippen molar-refractivity contribution in [3.63, 3.8) is 0 Å². The van der Waals surface area contributed by atoms with Crippen molar-refractivity contribution in [1.82, 2.24) is 4.90 Å². The lowest BCUT2D eigenvalue weighted by Crippen LogP contribution is -2.25. The fourth-order valence-electron chi connectivity index (χ4n) is 1.86. The fraction of sp³-hybridized carbons (Fsp3) is 0.538. The van der Waals surface area contributed by atoms with E-state index in [4.69, 9.17) is 5.84 Å². The molecule has 0 heterocycles. The predicted molar refractivity (Wildman–Crippen MR) is 84.9 cm³/mol. The van der Waals surface area contributed by atoms with Gasteiger partial charge in [0.1, 0.15) is 5.69 Å². The number of thioether (sulfide) groups is 1. The minimum absolute atomic E-state index is 0.0225. The summed E-state index contributed by atoms with van der Waals surface area (Å²) >= 11 is 1.78. The molecule has 0 atom stereocenters. The lowest BCUT2D eigenvalue weighted by Gasteiger charge is -2.17. The van der Waals surface area contributed by atoms with E-state index in [-0.39, 0.29) is 5.69 Å². The van der Waals surface area contributed by atoms with Crippen molar-refractivity contribution in [2.24, 2.45) is 5.84 Å². The van der Waals surface area contributed by atoms with Crippen molar-refractivity contribution in [2.75, 3.05) is 30.8 Å². The van der Waals surface area contributed by atoms with Crippen LogP contribution in [0.4, 0.5) is 11.4 Å². The number of nitrogen functional groups attached to an aromatic ring is 1. The van der Waals surface area contributed by atoms with Crippen LogP contribution in [0.2, 0.25) is 0 Å². The van der Waals surface area contributed by atoms with Crippen molar-refractivity contribution in [1.29, 1.82) is 0 Å². The highest BCUT2D eigenvalue weighted by molar-refractivity contribution is 7.98. The minimum atomic E-state index is -0.417. The molecule has 0 fully saturated rings. The number of nitrogens with zero attached hydrogens (tertiary/aromatic N) is 2. The van der Waals surface area contributed by atoms with E-state index >= 15 is 0 Å². The van der Waals surface area contributed by atoms with Crippen molar-refractivity contribution in [3.05, 3.63) is 33.9 Å². The molecule has 1 aromatic carbocycles. The highest BCUT2D eigenvalue weighted by Crippen LogP contribution is 2.26. The molecule has 0 unspecified atom stereocenters. The maximum Gasteiger partial charge on any atom is 0.293 e. The van der Waals surface area contributed by atoms with Crippen LogP contribution in [0.3, 0.4) is 0 Å². The molecule has 7 heteroatoms. The summed E-state index contributed by atoms with van der Waals surface area (Å²) in [5.41, 5.74) is 3.65. The number of nitrogens with one attached hydrogen (secondary N) is 1. The Kier molecular flexibility index (Phi) is 7.35. The number of rotatable bonds is 9. The number of hydrogen-bond donors (Lipinski definition) is 2. The molecule has 1 aromatic rings. The number of anilines is 1. The van der Waals surface area contributed by atoms with Gasteiger partial charge in [0.2, 0.25) is 0 Å². The molecule has 0 aliphatic heterocycles. The van der Waals surface area contributed by atoms with Crippen LogP contribution in [0, 0.1) is 10.1 Å². The Labute approximate surface area is 123 Å². The number of nitro groups is 1. The maximum atomic E-state index is 10.9. The van der Waals surface area contributed by atoms with Gasteiger partial charge in [-0.25, -0.2) is 0 Å². The summed E-state index contributed by atoms with van der Waals surface area (Å²) in [6, 6.07) is 5.10. The summed E-state index contributed by atoms with van der Waals surface area (Å²) in [6.07, 6.45) is 0. The fourth-order valence-corrected chi connectivity index (χ4v) is 2.81. The van der Waals surface area contributed by atoms with Gasteiger partial charge in [0.15, 0.2) is 0 Å². The van der Waals surface area contributed by atoms with Crippen molar-refractivity contribution >= 4 is 23.1 Å². The lowest BCUT2D eigenvalue weighted by atomic mass is 10.2. The SMILES string of the molecule is CCN(CC)CCSCc1ccc(NN)c([N+](=O)[O-])c1. The molecule has 0 aromatic heterocycles. The van der Waals surface area contributed by atoms with Gasteiger partial charge in [0.25, 0.3) is 5.69 Å². The van der Waals surface area contributed by atoms with E-state index in [9.17, 15) is 10.1 Å². The Morgan fingerprint density at radius 1 is 1.40 bits per heavy atom. The highest BCUT2D eigenvalue weighted by atomic mass is 32.2. The molecule has 0 radical (unpaired) electrons. The van der Waals surface area contributed by atoms with Gasteiger partial charge in [-0.3, -0.25) is 16.0 Å². The molecule has 6 nitrogen and oxygen atoms in total. The molecule has 0 saturated carbocycles. The molecule has 0 aliphatic rings. The Morgan fingerprint density at radius 3 is 2.65 bits per heavy atom. The van der Waals surface area contributed by atoms with Crippen LogP contribution >= 0.6 is 11.8 Å². The number of hydrazine groups is 1. The van der Waals surface area contributed by atoms with Gasteiger partial charge in [-0.15, -0.1) is 0 Å². The first-order chi connectivity index (χ1) is 9.62. The van der Waals surface area contributed by atoms with Gasteiger partial charge in [0, 0.05) is 24.1 Å². The zero-order chi connectivity index (χ0) is 15.0. The second-order valence-electron chi connectivity index (χ2n) is 4.33. The summed E-state index contributed by atoms with van der Waals surface area (Å²) in [5, 5.41) is 10.9. The maximum absolute atomic E-state index is 10.9. The van der Waals surface area contributed by atoms with E-state index in [1.807, 2.05) is 6.07 Å². The van der Waals surface area contributed by atoms with Crippen molar-refractivity contribution in [3.8, 4) is 0 Å². The molecule has 1 rings (SSSR count). The number of nitro benzene ring substituents is 1. The highest BCUT2D eigenvalue weighted by Gasteiger charge is 2.13. The molecule has 0 amide bonds. The smallest absolute Gasteiger partial charge is 0.293 e. The van der Waals surface area contributed by atoms with E-state index in [0.717, 1.165) is 36.7 Å². The Morgan fingerprint density at radius 2 is 2.10 bits per heavy atom. The van der Waals surface area contributed by atoms with Crippen molar-refractivity contribution in [2.45, 2.75) is 19.6 Å². The molecule has 112 valence electrons. The summed E-state index contributed by atoms with van der Waals surface area (Å²) in [7, 11) is 0. The summed E-state index contributed by atoms with van der Waals surface area (Å²) in [6.45, 7) is 7.45. The second-order valence-corrected chi connectivity index (χ2v) is 5.44. The van der Waals surface area contributed by atoms with Crippen molar-refractivity contribution < 1.29 is 4.92 Å². The molecule has 20 heavy (non-hydrogen) atoms. The molecule has 3 N–H and O–H groups in total. The van der Waals surface area contributed by atoms with E-state index < -0.39 is 4.92 Å². The zero-order valence-corrected chi connectivity index (χ0v) is 12.8. The van der Waals surface area contributed by atoms with Gasteiger partial charge >= 0.3 is 0 Å². The average Bonchev–Trinajstić information content (AvgIpc) is 2.47. The van der Waals surface area contributed by atoms with Gasteiger partial charge in [0.05, 0.1) is 4.92 Å². The molecular formula is C13H22N4O2S. The number of hydrogen-bond acceptors (Lipinski definition) is 6. The Bertz CT molecular complexity index is 438. The third-order valence-electron chi connectivity index (χ3n) is 3.13. The third-order valence-corrected chi connectivity index (χ3v) is 4.14. The van der Waals surface area contributed by atoms with Crippen LogP contribution in [-0.2, 0) is 5.75 Å². The predicted octanol–water partition coefficient (Wildman–Crippen LogP) is 2.46. The zero-order valence-electron chi connectivity index (χ0n) is 12.0. The first kappa shape index (κ1) is 16.7.